The minimum absolute atomic E-state index is 0.0202. The summed E-state index contributed by atoms with van der Waals surface area (Å²) in [6.45, 7) is 9.60. The molecule has 4 heteroatoms. The number of carbonyl (C=O) groups excluding carboxylic acids is 1. The van der Waals surface area contributed by atoms with Gasteiger partial charge in [0, 0.05) is 6.20 Å². The Morgan fingerprint density at radius 3 is 2.47 bits per heavy atom. The second-order valence-corrected chi connectivity index (χ2v) is 4.50. The molecule has 0 aromatic carbocycles. The van der Waals surface area contributed by atoms with E-state index in [0.29, 0.717) is 11.4 Å². The molecule has 0 amide bonds. The first kappa shape index (κ1) is 13.6. The second kappa shape index (κ2) is 5.27. The zero-order valence-electron chi connectivity index (χ0n) is 11.0. The molecule has 0 spiro atoms. The van der Waals surface area contributed by atoms with Gasteiger partial charge >= 0.3 is 0 Å². The van der Waals surface area contributed by atoms with Gasteiger partial charge in [0.2, 0.25) is 0 Å². The van der Waals surface area contributed by atoms with Crippen LogP contribution in [-0.2, 0) is 0 Å². The first-order chi connectivity index (χ1) is 7.95. The van der Waals surface area contributed by atoms with E-state index in [1.807, 2.05) is 27.7 Å². The number of nitrogens with two attached hydrogens (primary N) is 1. The highest BCUT2D eigenvalue weighted by molar-refractivity contribution is 6.05. The summed E-state index contributed by atoms with van der Waals surface area (Å²) >= 11 is 0. The van der Waals surface area contributed by atoms with Gasteiger partial charge in [0.25, 0.3) is 0 Å². The third-order valence-corrected chi connectivity index (χ3v) is 3.19. The summed E-state index contributed by atoms with van der Waals surface area (Å²) in [6, 6.07) is 3.47. The van der Waals surface area contributed by atoms with Gasteiger partial charge in [0.05, 0.1) is 11.1 Å². The van der Waals surface area contributed by atoms with Crippen LogP contribution in [0.2, 0.25) is 0 Å². The number of Topliss-reactive ketones (excluding diaryl/α,β-unsaturated/α-hetero) is 1. The molecule has 1 rings (SSSR count). The fraction of sp³-hybridized carbons (Fsp3) is 0.538. The number of carbonyl (C=O) groups is 1. The molecular formula is C13H21N3O. The van der Waals surface area contributed by atoms with Gasteiger partial charge in [-0.05, 0) is 39.1 Å². The van der Waals surface area contributed by atoms with E-state index in [0.717, 1.165) is 13.1 Å². The summed E-state index contributed by atoms with van der Waals surface area (Å²) in [7, 11) is 0. The Morgan fingerprint density at radius 1 is 1.41 bits per heavy atom. The molecular weight excluding hydrogens is 214 g/mol. The summed E-state index contributed by atoms with van der Waals surface area (Å²) in [5, 5.41) is 0. The molecule has 0 radical (unpaired) electrons. The van der Waals surface area contributed by atoms with E-state index in [-0.39, 0.29) is 5.78 Å². The van der Waals surface area contributed by atoms with Gasteiger partial charge in [0.1, 0.15) is 5.82 Å². The Balaban J connectivity index is 3.08. The van der Waals surface area contributed by atoms with Gasteiger partial charge in [-0.3, -0.25) is 9.69 Å². The van der Waals surface area contributed by atoms with E-state index >= 15 is 0 Å². The van der Waals surface area contributed by atoms with Crippen LogP contribution in [0.3, 0.4) is 0 Å². The molecule has 0 aliphatic carbocycles. The minimum Gasteiger partial charge on any atom is -0.383 e. The molecule has 1 aromatic rings. The number of nitrogens with zero attached hydrogens (tertiary/aromatic N) is 2. The zero-order chi connectivity index (χ0) is 13.1. The number of nitrogen functional groups attached to an aromatic ring is 1. The molecule has 17 heavy (non-hydrogen) atoms. The maximum Gasteiger partial charge on any atom is 0.186 e. The predicted octanol–water partition coefficient (Wildman–Crippen LogP) is 1.97. The summed E-state index contributed by atoms with van der Waals surface area (Å²) in [6.07, 6.45) is 1.59. The largest absolute Gasteiger partial charge is 0.383 e. The summed E-state index contributed by atoms with van der Waals surface area (Å²) in [5.41, 5.74) is 5.70. The molecule has 0 bridgehead atoms. The van der Waals surface area contributed by atoms with E-state index in [4.69, 9.17) is 5.73 Å². The fourth-order valence-corrected chi connectivity index (χ4v) is 2.10. The summed E-state index contributed by atoms with van der Waals surface area (Å²) in [4.78, 5) is 18.6. The molecule has 0 unspecified atom stereocenters. The van der Waals surface area contributed by atoms with Crippen molar-refractivity contribution in [2.24, 2.45) is 0 Å². The number of hydrogen-bond acceptors (Lipinski definition) is 4. The smallest absolute Gasteiger partial charge is 0.186 e. The molecule has 0 saturated heterocycles. The zero-order valence-corrected chi connectivity index (χ0v) is 11.0. The fourth-order valence-electron chi connectivity index (χ4n) is 2.10. The van der Waals surface area contributed by atoms with Crippen LogP contribution in [0, 0.1) is 0 Å². The minimum atomic E-state index is -0.555. The lowest BCUT2D eigenvalue weighted by Crippen LogP contribution is -2.50. The maximum absolute atomic E-state index is 12.5. The Labute approximate surface area is 103 Å². The SMILES string of the molecule is CCN(CC)C(C)(C)C(=O)c1cccnc1N. The third kappa shape index (κ3) is 2.64. The highest BCUT2D eigenvalue weighted by Gasteiger charge is 2.34. The van der Waals surface area contributed by atoms with Crippen molar-refractivity contribution < 1.29 is 4.79 Å². The standard InChI is InChI=1S/C13H21N3O/c1-5-16(6-2)13(3,4)11(17)10-8-7-9-15-12(10)14/h7-9H,5-6H2,1-4H3,(H2,14,15). The maximum atomic E-state index is 12.5. The van der Waals surface area contributed by atoms with Crippen LogP contribution in [0.5, 0.6) is 0 Å². The number of hydrogen-bond donors (Lipinski definition) is 1. The van der Waals surface area contributed by atoms with Crippen LogP contribution in [-0.4, -0.2) is 34.3 Å². The van der Waals surface area contributed by atoms with Crippen molar-refractivity contribution in [1.29, 1.82) is 0 Å². The van der Waals surface area contributed by atoms with Gasteiger partial charge in [-0.25, -0.2) is 4.98 Å². The van der Waals surface area contributed by atoms with Crippen molar-refractivity contribution in [1.82, 2.24) is 9.88 Å². The van der Waals surface area contributed by atoms with Crippen LogP contribution in [0.25, 0.3) is 0 Å². The van der Waals surface area contributed by atoms with Crippen molar-refractivity contribution >= 4 is 11.6 Å². The average Bonchev–Trinajstić information content (AvgIpc) is 2.30. The lowest BCUT2D eigenvalue weighted by molar-refractivity contribution is 0.0669. The molecule has 0 aliphatic rings. The van der Waals surface area contributed by atoms with Crippen LogP contribution in [0.4, 0.5) is 5.82 Å². The van der Waals surface area contributed by atoms with Crippen molar-refractivity contribution in [3.05, 3.63) is 23.9 Å². The highest BCUT2D eigenvalue weighted by atomic mass is 16.1. The Kier molecular flexibility index (Phi) is 4.23. The number of aromatic nitrogens is 1. The van der Waals surface area contributed by atoms with Crippen molar-refractivity contribution in [2.75, 3.05) is 18.8 Å². The normalized spacial score (nSPS) is 11.8. The van der Waals surface area contributed by atoms with E-state index in [1.54, 1.807) is 18.3 Å². The molecule has 1 heterocycles. The third-order valence-electron chi connectivity index (χ3n) is 3.19. The van der Waals surface area contributed by atoms with E-state index in [9.17, 15) is 4.79 Å². The van der Waals surface area contributed by atoms with Crippen molar-refractivity contribution in [3.8, 4) is 0 Å². The summed E-state index contributed by atoms with van der Waals surface area (Å²) < 4.78 is 0. The van der Waals surface area contributed by atoms with Crippen molar-refractivity contribution in [2.45, 2.75) is 33.2 Å². The number of rotatable bonds is 5. The molecule has 0 fully saturated rings. The number of pyridine rings is 1. The van der Waals surface area contributed by atoms with Gasteiger partial charge < -0.3 is 5.73 Å². The molecule has 0 saturated carbocycles. The van der Waals surface area contributed by atoms with Crippen LogP contribution < -0.4 is 5.73 Å². The Bertz CT molecular complexity index is 397. The highest BCUT2D eigenvalue weighted by Crippen LogP contribution is 2.22. The first-order valence-corrected chi connectivity index (χ1v) is 5.95. The molecule has 2 N–H and O–H groups in total. The van der Waals surface area contributed by atoms with E-state index in [1.165, 1.54) is 0 Å². The average molecular weight is 235 g/mol. The Hall–Kier alpha value is -1.42. The van der Waals surface area contributed by atoms with Crippen LogP contribution >= 0.6 is 0 Å². The quantitative estimate of drug-likeness (QED) is 0.793. The molecule has 4 nitrogen and oxygen atoms in total. The van der Waals surface area contributed by atoms with Crippen LogP contribution in [0.1, 0.15) is 38.1 Å². The van der Waals surface area contributed by atoms with Crippen molar-refractivity contribution in [3.63, 3.8) is 0 Å². The van der Waals surface area contributed by atoms with E-state index in [2.05, 4.69) is 9.88 Å². The number of anilines is 1. The monoisotopic (exact) mass is 235 g/mol. The van der Waals surface area contributed by atoms with E-state index < -0.39 is 5.54 Å². The first-order valence-electron chi connectivity index (χ1n) is 5.95. The number of likely N-dealkylation sites (N-methyl/N-ethyl adjacent to an activating group) is 1. The van der Waals surface area contributed by atoms with Gasteiger partial charge in [0.15, 0.2) is 5.78 Å². The predicted molar refractivity (Wildman–Crippen MR) is 70.0 cm³/mol. The number of ketones is 1. The Morgan fingerprint density at radius 2 is 2.00 bits per heavy atom. The van der Waals surface area contributed by atoms with Crippen LogP contribution in [0.15, 0.2) is 18.3 Å². The van der Waals surface area contributed by atoms with Gasteiger partial charge in [-0.1, -0.05) is 13.8 Å². The lowest BCUT2D eigenvalue weighted by Gasteiger charge is -2.35. The van der Waals surface area contributed by atoms with Gasteiger partial charge in [-0.15, -0.1) is 0 Å². The lowest BCUT2D eigenvalue weighted by atomic mass is 9.91. The van der Waals surface area contributed by atoms with Gasteiger partial charge in [-0.2, -0.15) is 0 Å². The second-order valence-electron chi connectivity index (χ2n) is 4.50. The topological polar surface area (TPSA) is 59.2 Å². The molecule has 94 valence electrons. The summed E-state index contributed by atoms with van der Waals surface area (Å²) in [5.74, 6) is 0.324. The molecule has 0 aliphatic heterocycles. The molecule has 1 aromatic heterocycles. The molecule has 0 atom stereocenters.